The lowest BCUT2D eigenvalue weighted by Gasteiger charge is -2.47. The van der Waals surface area contributed by atoms with Gasteiger partial charge in [-0.3, -0.25) is 4.90 Å². The van der Waals surface area contributed by atoms with Gasteiger partial charge < -0.3 is 10.2 Å². The minimum atomic E-state index is 0.528. The molecule has 0 aromatic rings. The molecule has 118 valence electrons. The third-order valence-electron chi connectivity index (χ3n) is 5.63. The van der Waals surface area contributed by atoms with Gasteiger partial charge in [0.05, 0.1) is 0 Å². The minimum absolute atomic E-state index is 0.528. The number of hydrogen-bond acceptors (Lipinski definition) is 3. The Morgan fingerprint density at radius 3 is 2.75 bits per heavy atom. The molecule has 1 aliphatic heterocycles. The lowest BCUT2D eigenvalue weighted by molar-refractivity contribution is 0.0320. The molecule has 0 aromatic heterocycles. The Morgan fingerprint density at radius 1 is 1.30 bits per heavy atom. The lowest BCUT2D eigenvalue weighted by atomic mass is 9.69. The average molecular weight is 281 g/mol. The third kappa shape index (κ3) is 3.96. The zero-order valence-electron chi connectivity index (χ0n) is 14.1. The van der Waals surface area contributed by atoms with Gasteiger partial charge in [0.15, 0.2) is 0 Å². The highest BCUT2D eigenvalue weighted by Gasteiger charge is 2.37. The molecule has 1 saturated carbocycles. The monoisotopic (exact) mass is 281 g/mol. The van der Waals surface area contributed by atoms with Gasteiger partial charge >= 0.3 is 0 Å². The molecular formula is C17H35N3. The summed E-state index contributed by atoms with van der Waals surface area (Å²) in [4.78, 5) is 5.30. The van der Waals surface area contributed by atoms with Crippen LogP contribution in [0.1, 0.15) is 46.0 Å². The first-order chi connectivity index (χ1) is 9.58. The molecule has 3 unspecified atom stereocenters. The highest BCUT2D eigenvalue weighted by atomic mass is 15.3. The molecule has 1 saturated heterocycles. The standard InChI is InChI=1S/C17H35N3/c1-5-16-12-20(10-9-19(16)4)14-17(13-18-3)8-6-7-15(2)11-17/h15-16,18H,5-14H2,1-4H3. The van der Waals surface area contributed by atoms with E-state index < -0.39 is 0 Å². The van der Waals surface area contributed by atoms with Crippen molar-refractivity contribution in [3.8, 4) is 0 Å². The van der Waals surface area contributed by atoms with Crippen molar-refractivity contribution >= 4 is 0 Å². The van der Waals surface area contributed by atoms with E-state index in [1.165, 1.54) is 64.8 Å². The van der Waals surface area contributed by atoms with Crippen LogP contribution >= 0.6 is 0 Å². The van der Waals surface area contributed by atoms with Crippen LogP contribution < -0.4 is 5.32 Å². The van der Waals surface area contributed by atoms with E-state index in [9.17, 15) is 0 Å². The summed E-state index contributed by atoms with van der Waals surface area (Å²) in [6.45, 7) is 11.0. The van der Waals surface area contributed by atoms with Crippen LogP contribution in [-0.4, -0.2) is 62.7 Å². The van der Waals surface area contributed by atoms with Crippen molar-refractivity contribution in [3.63, 3.8) is 0 Å². The average Bonchev–Trinajstić information content (AvgIpc) is 2.41. The Kier molecular flexibility index (Phi) is 5.88. The van der Waals surface area contributed by atoms with Crippen LogP contribution in [0.3, 0.4) is 0 Å². The van der Waals surface area contributed by atoms with Crippen molar-refractivity contribution in [1.29, 1.82) is 0 Å². The maximum absolute atomic E-state index is 3.49. The summed E-state index contributed by atoms with van der Waals surface area (Å²) < 4.78 is 0. The fourth-order valence-electron chi connectivity index (χ4n) is 4.57. The van der Waals surface area contributed by atoms with E-state index in [2.05, 4.69) is 43.1 Å². The number of likely N-dealkylation sites (N-methyl/N-ethyl adjacent to an activating group) is 1. The van der Waals surface area contributed by atoms with Gasteiger partial charge in [-0.05, 0) is 44.7 Å². The Morgan fingerprint density at radius 2 is 2.10 bits per heavy atom. The summed E-state index contributed by atoms with van der Waals surface area (Å²) >= 11 is 0. The first-order valence-electron chi connectivity index (χ1n) is 8.66. The molecule has 1 heterocycles. The van der Waals surface area contributed by atoms with Gasteiger partial charge in [-0.2, -0.15) is 0 Å². The SMILES string of the molecule is CCC1CN(CC2(CNC)CCCC(C)C2)CCN1C. The van der Waals surface area contributed by atoms with Gasteiger partial charge in [-0.1, -0.05) is 26.7 Å². The fourth-order valence-corrected chi connectivity index (χ4v) is 4.57. The molecule has 1 N–H and O–H groups in total. The Labute approximate surface area is 126 Å². The zero-order valence-corrected chi connectivity index (χ0v) is 14.1. The van der Waals surface area contributed by atoms with E-state index in [0.29, 0.717) is 5.41 Å². The van der Waals surface area contributed by atoms with Crippen molar-refractivity contribution in [1.82, 2.24) is 15.1 Å². The van der Waals surface area contributed by atoms with Crippen molar-refractivity contribution in [2.24, 2.45) is 11.3 Å². The van der Waals surface area contributed by atoms with Crippen LogP contribution in [-0.2, 0) is 0 Å². The maximum atomic E-state index is 3.49. The number of nitrogens with one attached hydrogen (secondary N) is 1. The van der Waals surface area contributed by atoms with Crippen LogP contribution in [0.25, 0.3) is 0 Å². The van der Waals surface area contributed by atoms with Crippen molar-refractivity contribution in [2.75, 3.05) is 46.8 Å². The van der Waals surface area contributed by atoms with Gasteiger partial charge in [0.2, 0.25) is 0 Å². The number of nitrogens with zero attached hydrogens (tertiary/aromatic N) is 2. The second-order valence-corrected chi connectivity index (χ2v) is 7.51. The predicted octanol–water partition coefficient (Wildman–Crippen LogP) is 2.43. The molecule has 0 radical (unpaired) electrons. The molecule has 3 atom stereocenters. The lowest BCUT2D eigenvalue weighted by Crippen LogP contribution is -2.55. The summed E-state index contributed by atoms with van der Waals surface area (Å²) in [5.41, 5.74) is 0.528. The number of rotatable bonds is 5. The Balaban J connectivity index is 1.97. The van der Waals surface area contributed by atoms with E-state index in [4.69, 9.17) is 0 Å². The summed E-state index contributed by atoms with van der Waals surface area (Å²) in [5.74, 6) is 0.909. The smallest absolute Gasteiger partial charge is 0.0218 e. The molecule has 0 aromatic carbocycles. The first kappa shape index (κ1) is 16.3. The molecular weight excluding hydrogens is 246 g/mol. The summed E-state index contributed by atoms with van der Waals surface area (Å²) in [6.07, 6.45) is 6.97. The van der Waals surface area contributed by atoms with Crippen LogP contribution in [0.5, 0.6) is 0 Å². The Hall–Kier alpha value is -0.120. The second-order valence-electron chi connectivity index (χ2n) is 7.51. The van der Waals surface area contributed by atoms with Crippen LogP contribution in [0, 0.1) is 11.3 Å². The predicted molar refractivity (Wildman–Crippen MR) is 87.1 cm³/mol. The van der Waals surface area contributed by atoms with Gasteiger partial charge in [0, 0.05) is 38.8 Å². The van der Waals surface area contributed by atoms with Gasteiger partial charge in [0.1, 0.15) is 0 Å². The molecule has 2 fully saturated rings. The second kappa shape index (κ2) is 7.24. The highest BCUT2D eigenvalue weighted by Crippen LogP contribution is 2.39. The largest absolute Gasteiger partial charge is 0.319 e. The summed E-state index contributed by atoms with van der Waals surface area (Å²) in [5, 5.41) is 3.49. The van der Waals surface area contributed by atoms with Crippen molar-refractivity contribution < 1.29 is 0 Å². The van der Waals surface area contributed by atoms with Gasteiger partial charge in [0.25, 0.3) is 0 Å². The van der Waals surface area contributed by atoms with Crippen LogP contribution in [0.4, 0.5) is 0 Å². The molecule has 0 bridgehead atoms. The zero-order chi connectivity index (χ0) is 14.6. The first-order valence-corrected chi connectivity index (χ1v) is 8.66. The van der Waals surface area contributed by atoms with Crippen LogP contribution in [0.15, 0.2) is 0 Å². The van der Waals surface area contributed by atoms with E-state index in [1.54, 1.807) is 0 Å². The number of piperazine rings is 1. The van der Waals surface area contributed by atoms with E-state index in [1.807, 2.05) is 0 Å². The molecule has 3 heteroatoms. The van der Waals surface area contributed by atoms with Crippen molar-refractivity contribution in [3.05, 3.63) is 0 Å². The van der Waals surface area contributed by atoms with Gasteiger partial charge in [-0.25, -0.2) is 0 Å². The number of hydrogen-bond donors (Lipinski definition) is 1. The minimum Gasteiger partial charge on any atom is -0.319 e. The molecule has 1 aliphatic carbocycles. The summed E-state index contributed by atoms with van der Waals surface area (Å²) in [7, 11) is 4.41. The van der Waals surface area contributed by atoms with Gasteiger partial charge in [-0.15, -0.1) is 0 Å². The molecule has 0 amide bonds. The maximum Gasteiger partial charge on any atom is 0.0218 e. The normalized spacial score (nSPS) is 37.2. The topological polar surface area (TPSA) is 18.5 Å². The fraction of sp³-hybridized carbons (Fsp3) is 1.00. The molecule has 3 nitrogen and oxygen atoms in total. The van der Waals surface area contributed by atoms with E-state index in [0.717, 1.165) is 12.0 Å². The molecule has 2 rings (SSSR count). The van der Waals surface area contributed by atoms with Crippen molar-refractivity contribution in [2.45, 2.75) is 52.0 Å². The molecule has 0 spiro atoms. The van der Waals surface area contributed by atoms with E-state index in [-0.39, 0.29) is 0 Å². The third-order valence-corrected chi connectivity index (χ3v) is 5.63. The van der Waals surface area contributed by atoms with Crippen LogP contribution in [0.2, 0.25) is 0 Å². The quantitative estimate of drug-likeness (QED) is 0.835. The van der Waals surface area contributed by atoms with E-state index >= 15 is 0 Å². The summed E-state index contributed by atoms with van der Waals surface area (Å²) in [6, 6.07) is 0.761. The molecule has 20 heavy (non-hydrogen) atoms. The Bertz CT molecular complexity index is 290. The molecule has 2 aliphatic rings. The highest BCUT2D eigenvalue weighted by molar-refractivity contribution is 4.91.